The predicted molar refractivity (Wildman–Crippen MR) is 91.5 cm³/mol. The molecule has 0 aliphatic carbocycles. The van der Waals surface area contributed by atoms with E-state index in [-0.39, 0.29) is 5.97 Å². The van der Waals surface area contributed by atoms with Gasteiger partial charge >= 0.3 is 5.97 Å². The van der Waals surface area contributed by atoms with Gasteiger partial charge in [0.15, 0.2) is 0 Å². The summed E-state index contributed by atoms with van der Waals surface area (Å²) >= 11 is 0. The van der Waals surface area contributed by atoms with Gasteiger partial charge in [0.2, 0.25) is 0 Å². The molecule has 0 fully saturated rings. The number of aryl methyl sites for hydroxylation is 1. The van der Waals surface area contributed by atoms with Crippen LogP contribution in [0.4, 0.5) is 0 Å². The molecule has 3 heteroatoms. The molecule has 0 aromatic heterocycles. The van der Waals surface area contributed by atoms with Crippen molar-refractivity contribution < 1.29 is 14.3 Å². The Balaban J connectivity index is 2.01. The molecule has 0 saturated carbocycles. The molecule has 0 bridgehead atoms. The number of ether oxygens (including phenoxy) is 2. The smallest absolute Gasteiger partial charge is 0.337 e. The number of para-hydroxylation sites is 1. The van der Waals surface area contributed by atoms with E-state index < -0.39 is 0 Å². The monoisotopic (exact) mass is 306 g/mol. The Morgan fingerprint density at radius 2 is 1.91 bits per heavy atom. The van der Waals surface area contributed by atoms with Crippen molar-refractivity contribution in [2.45, 2.75) is 6.92 Å². The third kappa shape index (κ3) is 3.19. The Morgan fingerprint density at radius 1 is 1.13 bits per heavy atom. The molecule has 0 spiro atoms. The van der Waals surface area contributed by atoms with Crippen LogP contribution in [0.25, 0.3) is 11.6 Å². The maximum absolute atomic E-state index is 11.5. The summed E-state index contributed by atoms with van der Waals surface area (Å²) in [7, 11) is 1.38. The van der Waals surface area contributed by atoms with Crippen LogP contribution >= 0.6 is 0 Å². The summed E-state index contributed by atoms with van der Waals surface area (Å²) in [6, 6.07) is 13.5. The predicted octanol–water partition coefficient (Wildman–Crippen LogP) is 4.27. The average Bonchev–Trinajstić information content (AvgIpc) is 2.55. The fourth-order valence-corrected chi connectivity index (χ4v) is 2.60. The average molecular weight is 306 g/mol. The van der Waals surface area contributed by atoms with E-state index in [2.05, 4.69) is 6.08 Å². The minimum absolute atomic E-state index is 0.326. The van der Waals surface area contributed by atoms with E-state index in [9.17, 15) is 4.79 Å². The first kappa shape index (κ1) is 15.1. The van der Waals surface area contributed by atoms with Crippen LogP contribution in [0.15, 0.2) is 54.6 Å². The normalized spacial score (nSPS) is 16.9. The van der Waals surface area contributed by atoms with E-state index >= 15 is 0 Å². The number of benzene rings is 2. The second kappa shape index (κ2) is 6.53. The molecule has 1 aliphatic heterocycles. The van der Waals surface area contributed by atoms with Crippen molar-refractivity contribution in [2.75, 3.05) is 13.7 Å². The highest BCUT2D eigenvalue weighted by molar-refractivity contribution is 5.92. The molecular formula is C20H18O3. The van der Waals surface area contributed by atoms with Gasteiger partial charge in [-0.05, 0) is 47.9 Å². The van der Waals surface area contributed by atoms with E-state index in [4.69, 9.17) is 9.47 Å². The van der Waals surface area contributed by atoms with Crippen molar-refractivity contribution in [3.8, 4) is 5.75 Å². The van der Waals surface area contributed by atoms with Crippen LogP contribution in [-0.2, 0) is 4.74 Å². The zero-order valence-electron chi connectivity index (χ0n) is 13.2. The first-order valence-electron chi connectivity index (χ1n) is 7.48. The fourth-order valence-electron chi connectivity index (χ4n) is 2.60. The van der Waals surface area contributed by atoms with E-state index in [0.29, 0.717) is 12.2 Å². The summed E-state index contributed by atoms with van der Waals surface area (Å²) in [5.41, 5.74) is 4.85. The molecule has 2 aromatic carbocycles. The van der Waals surface area contributed by atoms with Crippen molar-refractivity contribution in [2.24, 2.45) is 0 Å². The third-order valence-electron chi connectivity index (χ3n) is 3.81. The quantitative estimate of drug-likeness (QED) is 0.777. The molecule has 0 amide bonds. The number of esters is 1. The molecule has 0 atom stereocenters. The van der Waals surface area contributed by atoms with E-state index in [0.717, 1.165) is 28.0 Å². The SMILES string of the molecule is COC(=O)c1ccc(C2=C/c3cccc(C)c3OC/C=C\2)cc1. The zero-order valence-corrected chi connectivity index (χ0v) is 13.2. The number of rotatable bonds is 2. The molecule has 0 unspecified atom stereocenters. The van der Waals surface area contributed by atoms with Gasteiger partial charge in [-0.1, -0.05) is 36.4 Å². The topological polar surface area (TPSA) is 35.5 Å². The van der Waals surface area contributed by atoms with Gasteiger partial charge in [-0.2, -0.15) is 0 Å². The summed E-state index contributed by atoms with van der Waals surface area (Å²) in [4.78, 5) is 11.5. The van der Waals surface area contributed by atoms with Gasteiger partial charge in [0.05, 0.1) is 12.7 Å². The number of hydrogen-bond donors (Lipinski definition) is 0. The van der Waals surface area contributed by atoms with Crippen molar-refractivity contribution in [3.05, 3.63) is 76.9 Å². The highest BCUT2D eigenvalue weighted by atomic mass is 16.5. The third-order valence-corrected chi connectivity index (χ3v) is 3.81. The van der Waals surface area contributed by atoms with Crippen LogP contribution in [0, 0.1) is 6.92 Å². The number of fused-ring (bicyclic) bond motifs is 1. The van der Waals surface area contributed by atoms with Crippen LogP contribution < -0.4 is 4.74 Å². The Bertz CT molecular complexity index is 783. The Morgan fingerprint density at radius 3 is 2.65 bits per heavy atom. The van der Waals surface area contributed by atoms with Crippen molar-refractivity contribution in [1.29, 1.82) is 0 Å². The summed E-state index contributed by atoms with van der Waals surface area (Å²) in [6.45, 7) is 2.58. The van der Waals surface area contributed by atoms with E-state index in [1.165, 1.54) is 7.11 Å². The minimum atomic E-state index is -0.326. The van der Waals surface area contributed by atoms with Gasteiger partial charge in [-0.3, -0.25) is 0 Å². The molecule has 1 aliphatic rings. The molecule has 2 aromatic rings. The Labute approximate surface area is 135 Å². The highest BCUT2D eigenvalue weighted by Crippen LogP contribution is 2.30. The van der Waals surface area contributed by atoms with Gasteiger partial charge < -0.3 is 9.47 Å². The molecule has 1 heterocycles. The van der Waals surface area contributed by atoms with Gasteiger partial charge in [-0.15, -0.1) is 0 Å². The van der Waals surface area contributed by atoms with Crippen molar-refractivity contribution >= 4 is 17.6 Å². The number of methoxy groups -OCH3 is 1. The molecule has 23 heavy (non-hydrogen) atoms. The zero-order chi connectivity index (χ0) is 16.2. The van der Waals surface area contributed by atoms with Gasteiger partial charge in [0, 0.05) is 5.56 Å². The number of allylic oxidation sites excluding steroid dienone is 2. The highest BCUT2D eigenvalue weighted by Gasteiger charge is 2.10. The van der Waals surface area contributed by atoms with Crippen LogP contribution in [0.3, 0.4) is 0 Å². The largest absolute Gasteiger partial charge is 0.489 e. The maximum atomic E-state index is 11.5. The minimum Gasteiger partial charge on any atom is -0.489 e. The molecule has 116 valence electrons. The van der Waals surface area contributed by atoms with Gasteiger partial charge in [0.25, 0.3) is 0 Å². The molecule has 0 radical (unpaired) electrons. The Hall–Kier alpha value is -2.81. The summed E-state index contributed by atoms with van der Waals surface area (Å²) in [5.74, 6) is 0.591. The lowest BCUT2D eigenvalue weighted by Crippen LogP contribution is -2.01. The summed E-state index contributed by atoms with van der Waals surface area (Å²) in [6.07, 6.45) is 6.14. The van der Waals surface area contributed by atoms with Crippen molar-refractivity contribution in [3.63, 3.8) is 0 Å². The molecule has 3 rings (SSSR count). The van der Waals surface area contributed by atoms with E-state index in [1.807, 2.05) is 49.4 Å². The Kier molecular flexibility index (Phi) is 4.29. The van der Waals surface area contributed by atoms with Crippen LogP contribution in [0.1, 0.15) is 27.0 Å². The molecule has 0 N–H and O–H groups in total. The van der Waals surface area contributed by atoms with Crippen LogP contribution in [0.2, 0.25) is 0 Å². The van der Waals surface area contributed by atoms with Crippen LogP contribution in [-0.4, -0.2) is 19.7 Å². The molecular weight excluding hydrogens is 288 g/mol. The molecule has 3 nitrogen and oxygen atoms in total. The number of hydrogen-bond acceptors (Lipinski definition) is 3. The summed E-state index contributed by atoms with van der Waals surface area (Å²) < 4.78 is 10.5. The lowest BCUT2D eigenvalue weighted by Gasteiger charge is -2.14. The number of carbonyl (C=O) groups is 1. The lowest BCUT2D eigenvalue weighted by molar-refractivity contribution is 0.0600. The maximum Gasteiger partial charge on any atom is 0.337 e. The van der Waals surface area contributed by atoms with E-state index in [1.54, 1.807) is 12.1 Å². The molecule has 0 saturated heterocycles. The summed E-state index contributed by atoms with van der Waals surface area (Å²) in [5, 5.41) is 0. The first-order chi connectivity index (χ1) is 11.2. The van der Waals surface area contributed by atoms with Gasteiger partial charge in [-0.25, -0.2) is 4.79 Å². The second-order valence-electron chi connectivity index (χ2n) is 5.38. The first-order valence-corrected chi connectivity index (χ1v) is 7.48. The standard InChI is InChI=1S/C20H18O3/c1-14-5-3-6-18-13-17(7-4-12-23-19(14)18)15-8-10-16(11-9-15)20(21)22-2/h3-11,13H,12H2,1-2H3/b7-4-,17-13+. The van der Waals surface area contributed by atoms with Crippen molar-refractivity contribution in [1.82, 2.24) is 0 Å². The lowest BCUT2D eigenvalue weighted by atomic mass is 9.99. The van der Waals surface area contributed by atoms with Gasteiger partial charge in [0.1, 0.15) is 12.4 Å². The second-order valence-corrected chi connectivity index (χ2v) is 5.38. The fraction of sp³-hybridized carbons (Fsp3) is 0.150. The number of carbonyl (C=O) groups excluding carboxylic acids is 1. The van der Waals surface area contributed by atoms with Crippen LogP contribution in [0.5, 0.6) is 5.75 Å².